The molecule has 0 fully saturated rings. The summed E-state index contributed by atoms with van der Waals surface area (Å²) in [6.45, 7) is 0. The fraction of sp³-hybridized carbons (Fsp3) is 0. The molecule has 7 aromatic rings. The van der Waals surface area contributed by atoms with Crippen LogP contribution in [0.5, 0.6) is 11.5 Å². The van der Waals surface area contributed by atoms with E-state index in [0.717, 1.165) is 72.3 Å². The molecule has 6 aromatic carbocycles. The van der Waals surface area contributed by atoms with Gasteiger partial charge in [-0.15, -0.1) is 0 Å². The summed E-state index contributed by atoms with van der Waals surface area (Å²) in [5.41, 5.74) is 6.84. The van der Waals surface area contributed by atoms with E-state index in [1.807, 2.05) is 60.7 Å². The van der Waals surface area contributed by atoms with Crippen molar-refractivity contribution in [3.05, 3.63) is 121 Å². The normalized spacial score (nSPS) is 11.9. The molecule has 0 aliphatic carbocycles. The van der Waals surface area contributed by atoms with Crippen molar-refractivity contribution in [2.45, 2.75) is 0 Å². The van der Waals surface area contributed by atoms with Gasteiger partial charge in [-0.3, -0.25) is 4.57 Å². The maximum absolute atomic E-state index is 9.34. The maximum atomic E-state index is 9.34. The third-order valence-corrected chi connectivity index (χ3v) is 7.42. The highest BCUT2D eigenvalue weighted by atomic mass is 16.5. The van der Waals surface area contributed by atoms with Gasteiger partial charge in [0, 0.05) is 5.56 Å². The molecule has 1 aromatic heterocycles. The number of hydrogen-bond acceptors (Lipinski definition) is 3. The number of imidazole rings is 1. The van der Waals surface area contributed by atoms with Crippen LogP contribution in [-0.2, 0) is 0 Å². The van der Waals surface area contributed by atoms with Crippen LogP contribution in [0.15, 0.2) is 115 Å². The Morgan fingerprint density at radius 3 is 1.89 bits per heavy atom. The molecule has 176 valence electrons. The molecule has 0 bridgehead atoms. The summed E-state index contributed by atoms with van der Waals surface area (Å²) >= 11 is 0. The zero-order valence-corrected chi connectivity index (χ0v) is 20.2. The second kappa shape index (κ2) is 7.80. The molecule has 0 unspecified atom stereocenters. The minimum absolute atomic E-state index is 0.652. The van der Waals surface area contributed by atoms with Crippen molar-refractivity contribution in [2.75, 3.05) is 0 Å². The smallest absolute Gasteiger partial charge is 0.153 e. The van der Waals surface area contributed by atoms with E-state index in [-0.39, 0.29) is 0 Å². The Morgan fingerprint density at radius 2 is 1.21 bits per heavy atom. The van der Waals surface area contributed by atoms with Crippen molar-refractivity contribution in [3.63, 3.8) is 0 Å². The number of para-hydroxylation sites is 3. The van der Waals surface area contributed by atoms with Crippen LogP contribution in [0.25, 0.3) is 60.8 Å². The first-order valence-corrected chi connectivity index (χ1v) is 12.5. The molecular formula is C34H19N3O. The molecule has 0 saturated heterocycles. The van der Waals surface area contributed by atoms with Crippen LogP contribution in [0, 0.1) is 11.3 Å². The lowest BCUT2D eigenvalue weighted by Gasteiger charge is -2.22. The highest BCUT2D eigenvalue weighted by Crippen LogP contribution is 2.48. The van der Waals surface area contributed by atoms with Gasteiger partial charge >= 0.3 is 0 Å². The van der Waals surface area contributed by atoms with Crippen molar-refractivity contribution in [1.82, 2.24) is 9.55 Å². The van der Waals surface area contributed by atoms with Crippen LogP contribution >= 0.6 is 0 Å². The first-order valence-electron chi connectivity index (χ1n) is 12.5. The first kappa shape index (κ1) is 20.8. The van der Waals surface area contributed by atoms with E-state index < -0.39 is 0 Å². The highest BCUT2D eigenvalue weighted by Gasteiger charge is 2.27. The number of aromatic nitrogens is 2. The average molecular weight is 486 g/mol. The van der Waals surface area contributed by atoms with Crippen LogP contribution in [0.2, 0.25) is 0 Å². The fourth-order valence-corrected chi connectivity index (χ4v) is 5.82. The lowest BCUT2D eigenvalue weighted by atomic mass is 9.88. The maximum Gasteiger partial charge on any atom is 0.153 e. The summed E-state index contributed by atoms with van der Waals surface area (Å²) in [4.78, 5) is 5.23. The van der Waals surface area contributed by atoms with Crippen LogP contribution in [-0.4, -0.2) is 9.55 Å². The standard InChI is InChI=1S/C34H19N3O/c35-20-21-16-18-22(19-17-21)31-23-8-1-3-10-25(23)32(26-11-4-2-9-24(26)31)34-36-27-12-7-15-30-33(27)37(34)28-13-5-6-14-29(28)38-30/h1-19H. The molecule has 0 atom stereocenters. The molecule has 0 saturated carbocycles. The van der Waals surface area contributed by atoms with E-state index in [9.17, 15) is 5.26 Å². The van der Waals surface area contributed by atoms with E-state index in [0.29, 0.717) is 5.56 Å². The van der Waals surface area contributed by atoms with E-state index in [1.54, 1.807) is 0 Å². The summed E-state index contributed by atoms with van der Waals surface area (Å²) in [6, 6.07) is 41.3. The van der Waals surface area contributed by atoms with Crippen LogP contribution in [0.1, 0.15) is 5.56 Å². The van der Waals surface area contributed by atoms with Crippen LogP contribution in [0.4, 0.5) is 0 Å². The molecule has 0 amide bonds. The van der Waals surface area contributed by atoms with Gasteiger partial charge in [0.25, 0.3) is 0 Å². The molecule has 0 radical (unpaired) electrons. The van der Waals surface area contributed by atoms with Crippen molar-refractivity contribution < 1.29 is 4.74 Å². The molecule has 4 nitrogen and oxygen atoms in total. The third kappa shape index (κ3) is 2.81. The number of fused-ring (bicyclic) bond motifs is 4. The Hall–Kier alpha value is -5.40. The zero-order valence-electron chi connectivity index (χ0n) is 20.2. The zero-order chi connectivity index (χ0) is 25.2. The van der Waals surface area contributed by atoms with E-state index in [1.165, 1.54) is 0 Å². The lowest BCUT2D eigenvalue weighted by Crippen LogP contribution is -2.06. The Labute approximate surface area is 218 Å². The molecule has 0 spiro atoms. The second-order valence-corrected chi connectivity index (χ2v) is 9.49. The third-order valence-electron chi connectivity index (χ3n) is 7.42. The molecule has 1 aliphatic rings. The molecule has 8 rings (SSSR count). The molecular weight excluding hydrogens is 466 g/mol. The van der Waals surface area contributed by atoms with Crippen LogP contribution < -0.4 is 4.74 Å². The van der Waals surface area contributed by atoms with Crippen molar-refractivity contribution in [3.8, 4) is 45.8 Å². The summed E-state index contributed by atoms with van der Waals surface area (Å²) in [6.07, 6.45) is 0. The molecule has 2 heterocycles. The van der Waals surface area contributed by atoms with Gasteiger partial charge in [0.05, 0.1) is 22.8 Å². The summed E-state index contributed by atoms with van der Waals surface area (Å²) in [7, 11) is 0. The Balaban J connectivity index is 1.55. The topological polar surface area (TPSA) is 50.8 Å². The van der Waals surface area contributed by atoms with Gasteiger partial charge in [0.2, 0.25) is 0 Å². The molecule has 4 heteroatoms. The number of nitriles is 1. The quantitative estimate of drug-likeness (QED) is 0.230. The predicted octanol–water partition coefficient (Wildman–Crippen LogP) is 8.64. The monoisotopic (exact) mass is 485 g/mol. The summed E-state index contributed by atoms with van der Waals surface area (Å²) in [5, 5.41) is 13.9. The van der Waals surface area contributed by atoms with E-state index in [2.05, 4.69) is 65.2 Å². The number of ether oxygens (including phenoxy) is 1. The molecule has 0 N–H and O–H groups in total. The van der Waals surface area contributed by atoms with E-state index >= 15 is 0 Å². The second-order valence-electron chi connectivity index (χ2n) is 9.49. The van der Waals surface area contributed by atoms with Gasteiger partial charge in [0.15, 0.2) is 11.5 Å². The SMILES string of the molecule is N#Cc1ccc(-c2c3ccccc3c(-c3nc4cccc5c4n3-c3ccccc3O5)c3ccccc23)cc1. The number of nitrogens with zero attached hydrogens (tertiary/aromatic N) is 3. The molecule has 1 aliphatic heterocycles. The van der Waals surface area contributed by atoms with Crippen molar-refractivity contribution >= 4 is 32.6 Å². The minimum atomic E-state index is 0.652. The van der Waals surface area contributed by atoms with Gasteiger partial charge < -0.3 is 4.74 Å². The Bertz CT molecular complexity index is 2060. The average Bonchev–Trinajstić information content (AvgIpc) is 3.36. The van der Waals surface area contributed by atoms with Gasteiger partial charge in [-0.1, -0.05) is 78.9 Å². The Morgan fingerprint density at radius 1 is 0.605 bits per heavy atom. The number of benzene rings is 6. The van der Waals surface area contributed by atoms with E-state index in [4.69, 9.17) is 9.72 Å². The van der Waals surface area contributed by atoms with Crippen molar-refractivity contribution in [2.24, 2.45) is 0 Å². The van der Waals surface area contributed by atoms with Crippen LogP contribution in [0.3, 0.4) is 0 Å². The molecule has 38 heavy (non-hydrogen) atoms. The van der Waals surface area contributed by atoms with Gasteiger partial charge in [-0.2, -0.15) is 5.26 Å². The highest BCUT2D eigenvalue weighted by molar-refractivity contribution is 6.21. The predicted molar refractivity (Wildman–Crippen MR) is 152 cm³/mol. The largest absolute Gasteiger partial charge is 0.453 e. The summed E-state index contributed by atoms with van der Waals surface area (Å²) in [5.74, 6) is 2.51. The van der Waals surface area contributed by atoms with Crippen molar-refractivity contribution in [1.29, 1.82) is 5.26 Å². The van der Waals surface area contributed by atoms with Gasteiger partial charge in [-0.25, -0.2) is 4.98 Å². The summed E-state index contributed by atoms with van der Waals surface area (Å²) < 4.78 is 8.53. The van der Waals surface area contributed by atoms with Gasteiger partial charge in [-0.05, 0) is 69.1 Å². The minimum Gasteiger partial charge on any atom is -0.453 e. The first-order chi connectivity index (χ1) is 18.8. The van der Waals surface area contributed by atoms with Gasteiger partial charge in [0.1, 0.15) is 11.3 Å². The number of rotatable bonds is 2. The fourth-order valence-electron chi connectivity index (χ4n) is 5.82. The Kier molecular flexibility index (Phi) is 4.26. The lowest BCUT2D eigenvalue weighted by molar-refractivity contribution is 0.476. The number of hydrogen-bond donors (Lipinski definition) is 0.